The predicted octanol–water partition coefficient (Wildman–Crippen LogP) is 3.89. The lowest BCUT2D eigenvalue weighted by molar-refractivity contribution is 0.283. The van der Waals surface area contributed by atoms with Gasteiger partial charge in [0.2, 0.25) is 0 Å². The zero-order chi connectivity index (χ0) is 14.7. The van der Waals surface area contributed by atoms with Gasteiger partial charge < -0.3 is 10.0 Å². The van der Waals surface area contributed by atoms with E-state index in [4.69, 9.17) is 0 Å². The molecule has 112 valence electrons. The standard InChI is InChI=1S/C18H24N2O/c1-2-20(15-8-4-3-5-9-15)18-17-11-7-6-10-16(17)14(13-21)12-19-18/h6-7,10-12,15,21H,2-5,8-9,13H2,1H3. The van der Waals surface area contributed by atoms with Crippen molar-refractivity contribution in [3.8, 4) is 0 Å². The van der Waals surface area contributed by atoms with E-state index in [0.29, 0.717) is 6.04 Å². The molecule has 2 aromatic rings. The molecule has 0 aliphatic heterocycles. The maximum absolute atomic E-state index is 9.52. The molecule has 21 heavy (non-hydrogen) atoms. The lowest BCUT2D eigenvalue weighted by Gasteiger charge is -2.35. The Balaban J connectivity index is 2.05. The molecule has 0 unspecified atom stereocenters. The summed E-state index contributed by atoms with van der Waals surface area (Å²) in [6, 6.07) is 8.91. The van der Waals surface area contributed by atoms with Gasteiger partial charge in [-0.1, -0.05) is 43.5 Å². The lowest BCUT2D eigenvalue weighted by Crippen LogP contribution is -2.37. The Kier molecular flexibility index (Phi) is 4.39. The first-order chi connectivity index (χ1) is 10.3. The number of aliphatic hydroxyl groups is 1. The number of fused-ring (bicyclic) bond motifs is 1. The Morgan fingerprint density at radius 3 is 2.52 bits per heavy atom. The molecule has 1 fully saturated rings. The first-order valence-corrected chi connectivity index (χ1v) is 8.09. The molecule has 1 N–H and O–H groups in total. The molecule has 0 atom stereocenters. The highest BCUT2D eigenvalue weighted by molar-refractivity contribution is 5.94. The minimum Gasteiger partial charge on any atom is -0.392 e. The van der Waals surface area contributed by atoms with Crippen molar-refractivity contribution in [1.29, 1.82) is 0 Å². The van der Waals surface area contributed by atoms with Crippen LogP contribution >= 0.6 is 0 Å². The van der Waals surface area contributed by atoms with Crippen molar-refractivity contribution in [2.45, 2.75) is 51.7 Å². The molecular formula is C18H24N2O. The second kappa shape index (κ2) is 6.44. The highest BCUT2D eigenvalue weighted by atomic mass is 16.3. The van der Waals surface area contributed by atoms with E-state index in [1.54, 1.807) is 0 Å². The summed E-state index contributed by atoms with van der Waals surface area (Å²) in [5, 5.41) is 11.8. The molecule has 1 aliphatic carbocycles. The zero-order valence-corrected chi connectivity index (χ0v) is 12.8. The molecule has 3 heteroatoms. The van der Waals surface area contributed by atoms with Crippen molar-refractivity contribution in [3.63, 3.8) is 0 Å². The molecule has 0 spiro atoms. The van der Waals surface area contributed by atoms with Crippen LogP contribution in [0.4, 0.5) is 5.82 Å². The summed E-state index contributed by atoms with van der Waals surface area (Å²) in [7, 11) is 0. The fraction of sp³-hybridized carbons (Fsp3) is 0.500. The van der Waals surface area contributed by atoms with Crippen LogP contribution in [-0.4, -0.2) is 22.7 Å². The van der Waals surface area contributed by atoms with Crippen LogP contribution in [0.5, 0.6) is 0 Å². The van der Waals surface area contributed by atoms with Crippen LogP contribution in [0.2, 0.25) is 0 Å². The highest BCUT2D eigenvalue weighted by Crippen LogP contribution is 2.32. The molecule has 1 aromatic heterocycles. The fourth-order valence-electron chi connectivity index (χ4n) is 3.56. The van der Waals surface area contributed by atoms with Crippen LogP contribution in [0.1, 0.15) is 44.6 Å². The molecule has 0 radical (unpaired) electrons. The monoisotopic (exact) mass is 284 g/mol. The van der Waals surface area contributed by atoms with Crippen molar-refractivity contribution < 1.29 is 5.11 Å². The van der Waals surface area contributed by atoms with E-state index in [1.807, 2.05) is 12.3 Å². The van der Waals surface area contributed by atoms with Gasteiger partial charge in [-0.3, -0.25) is 0 Å². The van der Waals surface area contributed by atoms with Crippen molar-refractivity contribution >= 4 is 16.6 Å². The fourth-order valence-corrected chi connectivity index (χ4v) is 3.56. The van der Waals surface area contributed by atoms with Crippen LogP contribution in [0.15, 0.2) is 30.5 Å². The Morgan fingerprint density at radius 1 is 1.14 bits per heavy atom. The van der Waals surface area contributed by atoms with E-state index in [9.17, 15) is 5.11 Å². The highest BCUT2D eigenvalue weighted by Gasteiger charge is 2.22. The third-order valence-corrected chi connectivity index (χ3v) is 4.66. The number of aromatic nitrogens is 1. The van der Waals surface area contributed by atoms with Gasteiger partial charge in [0.1, 0.15) is 5.82 Å². The maximum atomic E-state index is 9.52. The van der Waals surface area contributed by atoms with E-state index < -0.39 is 0 Å². The number of aliphatic hydroxyl groups excluding tert-OH is 1. The average molecular weight is 284 g/mol. The molecule has 3 rings (SSSR count). The summed E-state index contributed by atoms with van der Waals surface area (Å²) in [4.78, 5) is 7.15. The van der Waals surface area contributed by atoms with Gasteiger partial charge in [0.25, 0.3) is 0 Å². The maximum Gasteiger partial charge on any atom is 0.136 e. The number of anilines is 1. The topological polar surface area (TPSA) is 36.4 Å². The summed E-state index contributed by atoms with van der Waals surface area (Å²) in [6.07, 6.45) is 8.40. The zero-order valence-electron chi connectivity index (χ0n) is 12.8. The molecule has 0 amide bonds. The van der Waals surface area contributed by atoms with Gasteiger partial charge >= 0.3 is 0 Å². The van der Waals surface area contributed by atoms with Gasteiger partial charge in [0.05, 0.1) is 6.61 Å². The third kappa shape index (κ3) is 2.75. The van der Waals surface area contributed by atoms with E-state index in [2.05, 4.69) is 35.0 Å². The lowest BCUT2D eigenvalue weighted by atomic mass is 9.93. The van der Waals surface area contributed by atoms with Crippen LogP contribution in [-0.2, 0) is 6.61 Å². The smallest absolute Gasteiger partial charge is 0.136 e. The summed E-state index contributed by atoms with van der Waals surface area (Å²) in [5.41, 5.74) is 0.911. The summed E-state index contributed by atoms with van der Waals surface area (Å²) >= 11 is 0. The molecule has 3 nitrogen and oxygen atoms in total. The van der Waals surface area contributed by atoms with Gasteiger partial charge in [-0.15, -0.1) is 0 Å². The van der Waals surface area contributed by atoms with Crippen LogP contribution in [0.25, 0.3) is 10.8 Å². The molecule has 1 saturated carbocycles. The van der Waals surface area contributed by atoms with E-state index in [0.717, 1.165) is 28.7 Å². The van der Waals surface area contributed by atoms with Crippen LogP contribution in [0.3, 0.4) is 0 Å². The normalized spacial score (nSPS) is 16.3. The van der Waals surface area contributed by atoms with Gasteiger partial charge in [-0.25, -0.2) is 4.98 Å². The van der Waals surface area contributed by atoms with Crippen molar-refractivity contribution in [2.24, 2.45) is 0 Å². The third-order valence-electron chi connectivity index (χ3n) is 4.66. The van der Waals surface area contributed by atoms with Crippen molar-refractivity contribution in [3.05, 3.63) is 36.0 Å². The van der Waals surface area contributed by atoms with E-state index in [1.165, 1.54) is 32.1 Å². The summed E-state index contributed by atoms with van der Waals surface area (Å²) in [6.45, 7) is 3.24. The Hall–Kier alpha value is -1.61. The molecule has 1 aliphatic rings. The quantitative estimate of drug-likeness (QED) is 0.925. The minimum atomic E-state index is 0.0450. The Bertz CT molecular complexity index is 605. The second-order valence-corrected chi connectivity index (χ2v) is 5.89. The number of hydrogen-bond acceptors (Lipinski definition) is 3. The number of rotatable bonds is 4. The molecular weight excluding hydrogens is 260 g/mol. The summed E-state index contributed by atoms with van der Waals surface area (Å²) in [5.74, 6) is 1.08. The first kappa shape index (κ1) is 14.3. The molecule has 1 heterocycles. The SMILES string of the molecule is CCN(c1ncc(CO)c2ccccc12)C1CCCCC1. The summed E-state index contributed by atoms with van der Waals surface area (Å²) < 4.78 is 0. The number of hydrogen-bond donors (Lipinski definition) is 1. The molecule has 0 saturated heterocycles. The van der Waals surface area contributed by atoms with Crippen LogP contribution in [0, 0.1) is 0 Å². The Morgan fingerprint density at radius 2 is 1.86 bits per heavy atom. The second-order valence-electron chi connectivity index (χ2n) is 5.89. The molecule has 1 aromatic carbocycles. The van der Waals surface area contributed by atoms with Gasteiger partial charge in [-0.2, -0.15) is 0 Å². The Labute approximate surface area is 126 Å². The first-order valence-electron chi connectivity index (χ1n) is 8.09. The largest absolute Gasteiger partial charge is 0.392 e. The minimum absolute atomic E-state index is 0.0450. The van der Waals surface area contributed by atoms with Gasteiger partial charge in [0.15, 0.2) is 0 Å². The predicted molar refractivity (Wildman–Crippen MR) is 87.6 cm³/mol. The average Bonchev–Trinajstić information content (AvgIpc) is 2.56. The number of pyridine rings is 1. The molecule has 0 bridgehead atoms. The van der Waals surface area contributed by atoms with Gasteiger partial charge in [-0.05, 0) is 25.2 Å². The van der Waals surface area contributed by atoms with E-state index in [-0.39, 0.29) is 6.61 Å². The van der Waals surface area contributed by atoms with Crippen molar-refractivity contribution in [2.75, 3.05) is 11.4 Å². The number of benzene rings is 1. The van der Waals surface area contributed by atoms with Crippen LogP contribution < -0.4 is 4.90 Å². The van der Waals surface area contributed by atoms with Crippen molar-refractivity contribution in [1.82, 2.24) is 4.98 Å². The number of nitrogens with zero attached hydrogens (tertiary/aromatic N) is 2. The van der Waals surface area contributed by atoms with E-state index >= 15 is 0 Å². The van der Waals surface area contributed by atoms with Gasteiger partial charge in [0, 0.05) is 29.7 Å².